The summed E-state index contributed by atoms with van der Waals surface area (Å²) >= 11 is 0. The second kappa shape index (κ2) is 11.5. The molecular formula is C30H45N3O6. The van der Waals surface area contributed by atoms with Crippen LogP contribution in [-0.2, 0) is 19.1 Å². The molecule has 3 unspecified atom stereocenters. The Morgan fingerprint density at radius 1 is 1.15 bits per heavy atom. The van der Waals surface area contributed by atoms with E-state index in [0.29, 0.717) is 30.9 Å². The second-order valence-corrected chi connectivity index (χ2v) is 11.8. The van der Waals surface area contributed by atoms with Gasteiger partial charge in [0.25, 0.3) is 0 Å². The van der Waals surface area contributed by atoms with Crippen molar-refractivity contribution in [3.05, 3.63) is 24.3 Å². The Balaban J connectivity index is 1.70. The summed E-state index contributed by atoms with van der Waals surface area (Å²) in [5.41, 5.74) is -1.40. The molecule has 2 bridgehead atoms. The van der Waals surface area contributed by atoms with Crippen LogP contribution in [0.4, 0.5) is 5.69 Å². The lowest BCUT2D eigenvalue weighted by molar-refractivity contribution is -0.150. The molecule has 3 heterocycles. The highest BCUT2D eigenvalue weighted by molar-refractivity contribution is 6.02. The van der Waals surface area contributed by atoms with Gasteiger partial charge in [-0.2, -0.15) is 0 Å². The van der Waals surface area contributed by atoms with Crippen molar-refractivity contribution >= 4 is 23.4 Å². The number of hydrogen-bond donors (Lipinski definition) is 3. The van der Waals surface area contributed by atoms with Crippen LogP contribution in [0.1, 0.15) is 73.6 Å². The molecule has 8 atom stereocenters. The van der Waals surface area contributed by atoms with Crippen molar-refractivity contribution in [2.24, 2.45) is 17.8 Å². The van der Waals surface area contributed by atoms with Crippen LogP contribution in [0.15, 0.2) is 24.3 Å². The van der Waals surface area contributed by atoms with E-state index in [9.17, 15) is 19.5 Å². The molecule has 1 aromatic rings. The van der Waals surface area contributed by atoms with Crippen LogP contribution in [-0.4, -0.2) is 70.3 Å². The molecule has 1 aromatic carbocycles. The minimum atomic E-state index is -1.12. The fraction of sp³-hybridized carbons (Fsp3) is 0.700. The number of likely N-dealkylation sites (tertiary alicyclic amines) is 1. The maximum absolute atomic E-state index is 14.3. The molecule has 3 aliphatic rings. The summed E-state index contributed by atoms with van der Waals surface area (Å²) in [5, 5.41) is 16.5. The van der Waals surface area contributed by atoms with E-state index in [-0.39, 0.29) is 36.3 Å². The van der Waals surface area contributed by atoms with Gasteiger partial charge in [-0.05, 0) is 70.2 Å². The molecule has 9 nitrogen and oxygen atoms in total. The Morgan fingerprint density at radius 3 is 2.44 bits per heavy atom. The molecule has 0 radical (unpaired) electrons. The molecule has 3 N–H and O–H groups in total. The maximum atomic E-state index is 14.3. The third-order valence-corrected chi connectivity index (χ3v) is 9.13. The van der Waals surface area contributed by atoms with Gasteiger partial charge in [0.1, 0.15) is 17.4 Å². The summed E-state index contributed by atoms with van der Waals surface area (Å²) in [6.07, 6.45) is 3.52. The van der Waals surface area contributed by atoms with Crippen molar-refractivity contribution in [1.82, 2.24) is 10.2 Å². The summed E-state index contributed by atoms with van der Waals surface area (Å²) in [7, 11) is 0. The number of ether oxygens (including phenoxy) is 2. The van der Waals surface area contributed by atoms with Crippen molar-refractivity contribution in [3.63, 3.8) is 0 Å². The Bertz CT molecular complexity index is 1060. The van der Waals surface area contributed by atoms with E-state index < -0.39 is 35.1 Å². The van der Waals surface area contributed by atoms with Gasteiger partial charge in [-0.1, -0.05) is 33.6 Å². The lowest BCUT2D eigenvalue weighted by atomic mass is 9.66. The van der Waals surface area contributed by atoms with Crippen LogP contribution >= 0.6 is 0 Å². The zero-order valence-corrected chi connectivity index (χ0v) is 24.2. The first kappa shape index (κ1) is 29.3. The number of benzene rings is 1. The molecule has 9 heteroatoms. The van der Waals surface area contributed by atoms with Gasteiger partial charge < -0.3 is 30.1 Å². The number of aliphatic hydroxyl groups excluding tert-OH is 1. The number of anilines is 1. The quantitative estimate of drug-likeness (QED) is 0.372. The van der Waals surface area contributed by atoms with E-state index in [1.54, 1.807) is 29.2 Å². The van der Waals surface area contributed by atoms with E-state index in [0.717, 1.165) is 19.3 Å². The van der Waals surface area contributed by atoms with Crippen LogP contribution < -0.4 is 15.4 Å². The highest BCUT2D eigenvalue weighted by Crippen LogP contribution is 2.63. The standard InChI is InChI=1S/C30H45N3O6/c1-7-10-19(5)31-27(36)25-30-16-15-29(6,39-30)23(24(30)28(37)33(25)22(17-34)18(4)8-2)26(35)32-20-11-13-21(14-12-20)38-9-3/h11-14,18-19,22-25,34H,7-10,15-17H2,1-6H3,(H,31,36)(H,32,35)/t18-,19?,22-,23+,24-,25?,29-,30?/m0/s1. The zero-order valence-electron chi connectivity index (χ0n) is 24.2. The van der Waals surface area contributed by atoms with Gasteiger partial charge >= 0.3 is 0 Å². The molecule has 3 fully saturated rings. The number of rotatable bonds is 12. The predicted molar refractivity (Wildman–Crippen MR) is 148 cm³/mol. The Kier molecular flexibility index (Phi) is 8.61. The summed E-state index contributed by atoms with van der Waals surface area (Å²) in [6, 6.07) is 5.59. The monoisotopic (exact) mass is 543 g/mol. The van der Waals surface area contributed by atoms with E-state index in [1.807, 2.05) is 34.6 Å². The number of nitrogens with zero attached hydrogens (tertiary/aromatic N) is 1. The lowest BCUT2D eigenvalue weighted by Crippen LogP contribution is -2.60. The molecule has 1 spiro atoms. The first-order valence-electron chi connectivity index (χ1n) is 14.5. The van der Waals surface area contributed by atoms with Gasteiger partial charge in [0.2, 0.25) is 17.7 Å². The van der Waals surface area contributed by atoms with Gasteiger partial charge in [0.15, 0.2) is 0 Å². The van der Waals surface area contributed by atoms with Crippen LogP contribution in [0.3, 0.4) is 0 Å². The highest BCUT2D eigenvalue weighted by atomic mass is 16.5. The van der Waals surface area contributed by atoms with Crippen molar-refractivity contribution in [2.75, 3.05) is 18.5 Å². The number of hydrogen-bond acceptors (Lipinski definition) is 6. The van der Waals surface area contributed by atoms with Gasteiger partial charge in [-0.3, -0.25) is 14.4 Å². The molecule has 3 amide bonds. The molecule has 216 valence electrons. The SMILES string of the molecule is CCCC(C)NC(=O)C1N([C@@H](CO)[C@@H](C)CC)C(=O)[C@@H]2[C@H](C(=O)Nc3ccc(OCC)cc3)[C@]3(C)CCC12O3. The zero-order chi connectivity index (χ0) is 28.5. The van der Waals surface area contributed by atoms with Gasteiger partial charge in [-0.25, -0.2) is 0 Å². The second-order valence-electron chi connectivity index (χ2n) is 11.8. The third kappa shape index (κ3) is 5.04. The number of carbonyl (C=O) groups excluding carboxylic acids is 3. The predicted octanol–water partition coefficient (Wildman–Crippen LogP) is 3.50. The Hall–Kier alpha value is -2.65. The number of fused-ring (bicyclic) bond motifs is 1. The number of nitrogens with one attached hydrogen (secondary N) is 2. The number of carbonyl (C=O) groups is 3. The van der Waals surface area contributed by atoms with Crippen LogP contribution in [0, 0.1) is 17.8 Å². The molecule has 0 aromatic heterocycles. The van der Waals surface area contributed by atoms with E-state index in [2.05, 4.69) is 17.6 Å². The van der Waals surface area contributed by atoms with Crippen molar-refractivity contribution in [2.45, 2.75) is 103 Å². The Morgan fingerprint density at radius 2 is 1.85 bits per heavy atom. The molecule has 3 saturated heterocycles. The molecule has 39 heavy (non-hydrogen) atoms. The first-order valence-corrected chi connectivity index (χ1v) is 14.5. The number of aliphatic hydroxyl groups is 1. The van der Waals surface area contributed by atoms with Crippen molar-refractivity contribution < 1.29 is 29.0 Å². The van der Waals surface area contributed by atoms with Crippen molar-refractivity contribution in [1.29, 1.82) is 0 Å². The van der Waals surface area contributed by atoms with Gasteiger partial charge in [-0.15, -0.1) is 0 Å². The highest BCUT2D eigenvalue weighted by Gasteiger charge is 2.78. The third-order valence-electron chi connectivity index (χ3n) is 9.13. The topological polar surface area (TPSA) is 117 Å². The fourth-order valence-electron chi connectivity index (χ4n) is 7.08. The molecule has 0 saturated carbocycles. The maximum Gasteiger partial charge on any atom is 0.246 e. The average molecular weight is 544 g/mol. The smallest absolute Gasteiger partial charge is 0.246 e. The van der Waals surface area contributed by atoms with Gasteiger partial charge in [0.05, 0.1) is 36.7 Å². The normalized spacial score (nSPS) is 31.5. The molecular weight excluding hydrogens is 498 g/mol. The minimum Gasteiger partial charge on any atom is -0.494 e. The molecule has 4 rings (SSSR count). The van der Waals surface area contributed by atoms with E-state index >= 15 is 0 Å². The van der Waals surface area contributed by atoms with E-state index in [1.165, 1.54) is 0 Å². The van der Waals surface area contributed by atoms with Gasteiger partial charge in [0, 0.05) is 11.7 Å². The summed E-state index contributed by atoms with van der Waals surface area (Å²) < 4.78 is 12.2. The lowest BCUT2D eigenvalue weighted by Gasteiger charge is -2.39. The first-order chi connectivity index (χ1) is 18.6. The Labute approximate surface area is 232 Å². The largest absolute Gasteiger partial charge is 0.494 e. The molecule has 0 aliphatic carbocycles. The summed E-state index contributed by atoms with van der Waals surface area (Å²) in [6.45, 7) is 12.1. The average Bonchev–Trinajstić information content (AvgIpc) is 3.46. The van der Waals surface area contributed by atoms with E-state index in [4.69, 9.17) is 9.47 Å². The van der Waals surface area contributed by atoms with Crippen LogP contribution in [0.5, 0.6) is 5.75 Å². The number of amides is 3. The van der Waals surface area contributed by atoms with Crippen LogP contribution in [0.25, 0.3) is 0 Å². The van der Waals surface area contributed by atoms with Crippen molar-refractivity contribution in [3.8, 4) is 5.75 Å². The summed E-state index contributed by atoms with van der Waals surface area (Å²) in [4.78, 5) is 43.6. The van der Waals surface area contributed by atoms with Crippen LogP contribution in [0.2, 0.25) is 0 Å². The fourth-order valence-corrected chi connectivity index (χ4v) is 7.08. The summed E-state index contributed by atoms with van der Waals surface area (Å²) in [5.74, 6) is -1.77. The minimum absolute atomic E-state index is 0.0403. The molecule has 3 aliphatic heterocycles.